The molecule has 0 atom stereocenters. The molecule has 2 aromatic rings. The predicted octanol–water partition coefficient (Wildman–Crippen LogP) is 3.45. The van der Waals surface area contributed by atoms with Crippen LogP contribution in [0.25, 0.3) is 10.8 Å². The summed E-state index contributed by atoms with van der Waals surface area (Å²) in [5.74, 6) is -0.402. The second-order valence-electron chi connectivity index (χ2n) is 4.00. The van der Waals surface area contributed by atoms with Crippen molar-refractivity contribution < 1.29 is 12.8 Å². The molecule has 2 rings (SSSR count). The van der Waals surface area contributed by atoms with Gasteiger partial charge in [-0.1, -0.05) is 6.07 Å². The molecule has 0 N–H and O–H groups in total. The second kappa shape index (κ2) is 4.07. The topological polar surface area (TPSA) is 34.1 Å². The van der Waals surface area contributed by atoms with Crippen LogP contribution in [0.1, 0.15) is 5.56 Å². The molecule has 5 heteroatoms. The molecule has 0 unspecified atom stereocenters. The molecule has 0 aliphatic rings. The molecule has 2 nitrogen and oxygen atoms in total. The first kappa shape index (κ1) is 12.5. The van der Waals surface area contributed by atoms with Crippen molar-refractivity contribution in [3.63, 3.8) is 0 Å². The van der Waals surface area contributed by atoms with Crippen molar-refractivity contribution in [1.82, 2.24) is 0 Å². The van der Waals surface area contributed by atoms with E-state index in [1.807, 2.05) is 0 Å². The summed E-state index contributed by atoms with van der Waals surface area (Å²) < 4.78 is 36.8. The van der Waals surface area contributed by atoms with Gasteiger partial charge in [0.15, 0.2) is 9.84 Å². The normalized spacial score (nSPS) is 12.0. The van der Waals surface area contributed by atoms with Gasteiger partial charge in [0.25, 0.3) is 0 Å². The summed E-state index contributed by atoms with van der Waals surface area (Å²) in [4.78, 5) is 0.242. The van der Waals surface area contributed by atoms with Crippen LogP contribution in [0, 0.1) is 12.7 Å². The molecule has 0 radical (unpaired) electrons. The van der Waals surface area contributed by atoms with Crippen molar-refractivity contribution in [3.05, 3.63) is 40.1 Å². The Balaban J connectivity index is 2.86. The van der Waals surface area contributed by atoms with Crippen LogP contribution in [0.3, 0.4) is 0 Å². The molecule has 0 fully saturated rings. The molecule has 0 aliphatic carbocycles. The third-order valence-electron chi connectivity index (χ3n) is 2.57. The first-order chi connectivity index (χ1) is 7.79. The lowest BCUT2D eigenvalue weighted by Crippen LogP contribution is -2.00. The van der Waals surface area contributed by atoms with E-state index in [1.54, 1.807) is 19.1 Å². The molecule has 0 aliphatic heterocycles. The van der Waals surface area contributed by atoms with Crippen molar-refractivity contribution in [2.75, 3.05) is 6.26 Å². The van der Waals surface area contributed by atoms with Gasteiger partial charge in [-0.05, 0) is 57.4 Å². The van der Waals surface area contributed by atoms with Crippen molar-refractivity contribution >= 4 is 36.5 Å². The lowest BCUT2D eigenvalue weighted by Gasteiger charge is -2.07. The quantitative estimate of drug-likeness (QED) is 0.807. The fourth-order valence-corrected chi connectivity index (χ4v) is 3.13. The molecule has 17 heavy (non-hydrogen) atoms. The van der Waals surface area contributed by atoms with Crippen molar-refractivity contribution in [3.8, 4) is 0 Å². The van der Waals surface area contributed by atoms with Crippen LogP contribution in [-0.4, -0.2) is 14.7 Å². The highest BCUT2D eigenvalue weighted by molar-refractivity contribution is 9.10. The minimum absolute atomic E-state index is 0.242. The number of fused-ring (bicyclic) bond motifs is 1. The first-order valence-electron chi connectivity index (χ1n) is 4.88. The Morgan fingerprint density at radius 1 is 1.12 bits per heavy atom. The Morgan fingerprint density at radius 2 is 1.71 bits per heavy atom. The molecule has 2 aromatic carbocycles. The van der Waals surface area contributed by atoms with E-state index < -0.39 is 15.7 Å². The number of hydrogen-bond donors (Lipinski definition) is 0. The largest absolute Gasteiger partial charge is 0.224 e. The summed E-state index contributed by atoms with van der Waals surface area (Å²) in [6.07, 6.45) is 1.15. The van der Waals surface area contributed by atoms with Gasteiger partial charge in [-0.15, -0.1) is 0 Å². The van der Waals surface area contributed by atoms with Gasteiger partial charge in [-0.2, -0.15) is 0 Å². The van der Waals surface area contributed by atoms with Crippen molar-refractivity contribution in [2.45, 2.75) is 11.8 Å². The van der Waals surface area contributed by atoms with Gasteiger partial charge >= 0.3 is 0 Å². The molecule has 0 saturated carbocycles. The maximum atomic E-state index is 13.4. The van der Waals surface area contributed by atoms with Crippen molar-refractivity contribution in [1.29, 1.82) is 0 Å². The number of benzene rings is 2. The smallest absolute Gasteiger partial charge is 0.175 e. The molecule has 0 heterocycles. The SMILES string of the molecule is Cc1cc2cc(Br)c(F)cc2cc1S(C)(=O)=O. The predicted molar refractivity (Wildman–Crippen MR) is 69.5 cm³/mol. The number of hydrogen-bond acceptors (Lipinski definition) is 2. The van der Waals surface area contributed by atoms with Gasteiger partial charge in [0.05, 0.1) is 9.37 Å². The lowest BCUT2D eigenvalue weighted by molar-refractivity contribution is 0.601. The maximum Gasteiger partial charge on any atom is 0.175 e. The maximum absolute atomic E-state index is 13.4. The van der Waals surface area contributed by atoms with Gasteiger partial charge in [0.2, 0.25) is 0 Å². The van der Waals surface area contributed by atoms with Crippen LogP contribution in [0.2, 0.25) is 0 Å². The second-order valence-corrected chi connectivity index (χ2v) is 6.84. The number of sulfone groups is 1. The molecule has 0 spiro atoms. The van der Waals surface area contributed by atoms with Gasteiger partial charge in [0, 0.05) is 6.26 Å². The molecule has 0 amide bonds. The van der Waals surface area contributed by atoms with Gasteiger partial charge in [-0.3, -0.25) is 0 Å². The van der Waals surface area contributed by atoms with Crippen LogP contribution in [0.4, 0.5) is 4.39 Å². The first-order valence-corrected chi connectivity index (χ1v) is 7.57. The third kappa shape index (κ3) is 2.35. The van der Waals surface area contributed by atoms with Crippen LogP contribution in [0.15, 0.2) is 33.6 Å². The van der Waals surface area contributed by atoms with E-state index in [2.05, 4.69) is 15.9 Å². The van der Waals surface area contributed by atoms with E-state index in [-0.39, 0.29) is 4.90 Å². The molecule has 0 bridgehead atoms. The number of halogens is 2. The number of rotatable bonds is 1. The molecular weight excluding hydrogens is 307 g/mol. The Hall–Kier alpha value is -0.940. The fourth-order valence-electron chi connectivity index (χ4n) is 1.79. The average molecular weight is 317 g/mol. The average Bonchev–Trinajstić information content (AvgIpc) is 2.18. The zero-order chi connectivity index (χ0) is 12.8. The van der Waals surface area contributed by atoms with Crippen LogP contribution < -0.4 is 0 Å². The summed E-state index contributed by atoms with van der Waals surface area (Å²) >= 11 is 3.11. The van der Waals surface area contributed by atoms with Crippen LogP contribution in [0.5, 0.6) is 0 Å². The highest BCUT2D eigenvalue weighted by atomic mass is 79.9. The molecule has 0 aromatic heterocycles. The van der Waals surface area contributed by atoms with E-state index in [9.17, 15) is 12.8 Å². The minimum atomic E-state index is -3.28. The Labute approximate surface area is 108 Å². The summed E-state index contributed by atoms with van der Waals surface area (Å²) in [5, 5.41) is 1.39. The Bertz CT molecular complexity index is 708. The summed E-state index contributed by atoms with van der Waals surface area (Å²) in [6.45, 7) is 1.73. The van der Waals surface area contributed by atoms with Crippen molar-refractivity contribution in [2.24, 2.45) is 0 Å². The molecule has 90 valence electrons. The monoisotopic (exact) mass is 316 g/mol. The number of aryl methyl sites for hydroxylation is 1. The van der Waals surface area contributed by atoms with E-state index in [4.69, 9.17) is 0 Å². The van der Waals surface area contributed by atoms with Gasteiger partial charge < -0.3 is 0 Å². The van der Waals surface area contributed by atoms with E-state index in [0.717, 1.165) is 11.6 Å². The third-order valence-corrected chi connectivity index (χ3v) is 4.42. The van der Waals surface area contributed by atoms with E-state index >= 15 is 0 Å². The fraction of sp³-hybridized carbons (Fsp3) is 0.167. The lowest BCUT2D eigenvalue weighted by atomic mass is 10.1. The summed E-state index contributed by atoms with van der Waals surface area (Å²) in [6, 6.07) is 6.22. The Kier molecular flexibility index (Phi) is 2.99. The molecule has 0 saturated heterocycles. The standard InChI is InChI=1S/C12H10BrFO2S/c1-7-3-8-4-10(13)11(14)5-9(8)6-12(7)17(2,15)16/h3-6H,1-2H3. The van der Waals surface area contributed by atoms with E-state index in [1.165, 1.54) is 12.1 Å². The summed E-state index contributed by atoms with van der Waals surface area (Å²) in [7, 11) is -3.28. The highest BCUT2D eigenvalue weighted by Crippen LogP contribution is 2.27. The zero-order valence-corrected chi connectivity index (χ0v) is 11.7. The highest BCUT2D eigenvalue weighted by Gasteiger charge is 2.13. The summed E-state index contributed by atoms with van der Waals surface area (Å²) in [5.41, 5.74) is 0.665. The van der Waals surface area contributed by atoms with Gasteiger partial charge in [0.1, 0.15) is 5.82 Å². The molecular formula is C12H10BrFO2S. The minimum Gasteiger partial charge on any atom is -0.224 e. The van der Waals surface area contributed by atoms with Crippen LogP contribution in [-0.2, 0) is 9.84 Å². The Morgan fingerprint density at radius 3 is 2.29 bits per heavy atom. The zero-order valence-electron chi connectivity index (χ0n) is 9.29. The van der Waals surface area contributed by atoms with E-state index in [0.29, 0.717) is 15.4 Å². The van der Waals surface area contributed by atoms with Crippen LogP contribution >= 0.6 is 15.9 Å². The van der Waals surface area contributed by atoms with Gasteiger partial charge in [-0.25, -0.2) is 12.8 Å².